The number of rotatable bonds is 6. The SMILES string of the molecule is C[C@@H](Nc1c(Nc2cccc(C(=O)N(C)C)c2O)c(=O)c1=O)c1ccc(F)cc1.[HH].[HH]. The van der Waals surface area contributed by atoms with Crippen molar-refractivity contribution < 1.29 is 17.1 Å². The van der Waals surface area contributed by atoms with Crippen LogP contribution >= 0.6 is 0 Å². The summed E-state index contributed by atoms with van der Waals surface area (Å²) in [5.74, 6) is -1.10. The third-order valence-corrected chi connectivity index (χ3v) is 4.57. The van der Waals surface area contributed by atoms with E-state index in [9.17, 15) is 23.9 Å². The van der Waals surface area contributed by atoms with Gasteiger partial charge in [0.25, 0.3) is 16.8 Å². The minimum Gasteiger partial charge on any atom is -0.505 e. The number of nitrogens with one attached hydrogen (secondary N) is 2. The van der Waals surface area contributed by atoms with Crippen molar-refractivity contribution in [1.29, 1.82) is 0 Å². The first kappa shape index (κ1) is 20.1. The maximum Gasteiger partial charge on any atom is 0.257 e. The Morgan fingerprint density at radius 1 is 1.07 bits per heavy atom. The van der Waals surface area contributed by atoms with Crippen LogP contribution in [0.1, 0.15) is 31.7 Å². The van der Waals surface area contributed by atoms with Crippen LogP contribution in [0.2, 0.25) is 0 Å². The number of para-hydroxylation sites is 1. The molecule has 3 aromatic rings. The lowest BCUT2D eigenvalue weighted by Gasteiger charge is -2.21. The number of nitrogens with zero attached hydrogens (tertiary/aromatic N) is 1. The van der Waals surface area contributed by atoms with E-state index < -0.39 is 16.8 Å². The van der Waals surface area contributed by atoms with E-state index in [1.807, 2.05) is 0 Å². The van der Waals surface area contributed by atoms with Crippen molar-refractivity contribution in [1.82, 2.24) is 4.90 Å². The molecule has 29 heavy (non-hydrogen) atoms. The monoisotopic (exact) mass is 401 g/mol. The molecule has 3 aromatic carbocycles. The topological polar surface area (TPSA) is 98.7 Å². The molecule has 1 amide bonds. The number of hydrogen-bond acceptors (Lipinski definition) is 6. The number of benzene rings is 2. The summed E-state index contributed by atoms with van der Waals surface area (Å²) in [6.45, 7) is 1.77. The number of phenolic OH excluding ortho intramolecular Hbond substituents is 1. The van der Waals surface area contributed by atoms with Gasteiger partial charge >= 0.3 is 0 Å². The molecular formula is C21H24FN3O4. The molecule has 0 spiro atoms. The average Bonchev–Trinajstić information content (AvgIpc) is 2.71. The zero-order valence-electron chi connectivity index (χ0n) is 16.1. The van der Waals surface area contributed by atoms with E-state index in [4.69, 9.17) is 0 Å². The van der Waals surface area contributed by atoms with Gasteiger partial charge in [-0.2, -0.15) is 0 Å². The van der Waals surface area contributed by atoms with Crippen molar-refractivity contribution in [3.63, 3.8) is 0 Å². The standard InChI is InChI=1S/C21H20FN3O4.2H2/c1-11(12-7-9-13(22)10-8-12)23-16-17(20(28)19(16)27)24-15-6-4-5-14(18(15)26)21(29)25(2)3;;/h4-11,23-24,26H,1-3H3;2*1H/t11-;;/m1../s1. The molecule has 0 aromatic heterocycles. The fourth-order valence-corrected chi connectivity index (χ4v) is 2.89. The van der Waals surface area contributed by atoms with Crippen LogP contribution in [0.5, 0.6) is 5.75 Å². The molecule has 0 unspecified atom stereocenters. The van der Waals surface area contributed by atoms with Gasteiger partial charge in [-0.3, -0.25) is 14.4 Å². The minimum absolute atomic E-state index is 0. The summed E-state index contributed by atoms with van der Waals surface area (Å²) in [4.78, 5) is 37.6. The van der Waals surface area contributed by atoms with E-state index >= 15 is 0 Å². The third kappa shape index (κ3) is 3.82. The maximum atomic E-state index is 13.1. The summed E-state index contributed by atoms with van der Waals surface area (Å²) < 4.78 is 13.1. The van der Waals surface area contributed by atoms with E-state index in [1.165, 1.54) is 29.2 Å². The first-order chi connectivity index (χ1) is 13.7. The van der Waals surface area contributed by atoms with Crippen LogP contribution in [-0.4, -0.2) is 30.0 Å². The van der Waals surface area contributed by atoms with Crippen molar-refractivity contribution in [3.8, 4) is 5.75 Å². The van der Waals surface area contributed by atoms with Crippen LogP contribution in [0, 0.1) is 5.82 Å². The van der Waals surface area contributed by atoms with Crippen molar-refractivity contribution in [2.24, 2.45) is 0 Å². The number of phenols is 1. The van der Waals surface area contributed by atoms with Crippen LogP contribution in [0.25, 0.3) is 0 Å². The van der Waals surface area contributed by atoms with E-state index in [0.717, 1.165) is 5.56 Å². The molecule has 0 saturated heterocycles. The number of anilines is 3. The van der Waals surface area contributed by atoms with Crippen LogP contribution < -0.4 is 21.5 Å². The Kier molecular flexibility index (Phi) is 5.36. The Hall–Kier alpha value is -3.68. The number of amides is 1. The van der Waals surface area contributed by atoms with Crippen LogP contribution in [0.15, 0.2) is 52.1 Å². The van der Waals surface area contributed by atoms with Gasteiger partial charge in [0.15, 0.2) is 5.75 Å². The second-order valence-electron chi connectivity index (χ2n) is 6.85. The van der Waals surface area contributed by atoms with E-state index in [-0.39, 0.29) is 43.1 Å². The molecule has 0 radical (unpaired) electrons. The highest BCUT2D eigenvalue weighted by atomic mass is 19.1. The maximum absolute atomic E-state index is 13.1. The highest BCUT2D eigenvalue weighted by Gasteiger charge is 2.24. The summed E-state index contributed by atoms with van der Waals surface area (Å²) in [5, 5.41) is 16.1. The van der Waals surface area contributed by atoms with Crippen LogP contribution in [-0.2, 0) is 0 Å². The normalized spacial score (nSPS) is 11.9. The first-order valence-electron chi connectivity index (χ1n) is 8.86. The van der Waals surface area contributed by atoms with Gasteiger partial charge in [-0.15, -0.1) is 0 Å². The number of carbonyl (C=O) groups is 1. The summed E-state index contributed by atoms with van der Waals surface area (Å²) in [5.41, 5.74) is -0.449. The molecule has 0 fully saturated rings. The molecule has 1 atom stereocenters. The van der Waals surface area contributed by atoms with Crippen molar-refractivity contribution in [3.05, 3.63) is 79.9 Å². The fourth-order valence-electron chi connectivity index (χ4n) is 2.89. The second-order valence-corrected chi connectivity index (χ2v) is 6.85. The van der Waals surface area contributed by atoms with Gasteiger partial charge in [0.1, 0.15) is 17.2 Å². The Morgan fingerprint density at radius 2 is 1.69 bits per heavy atom. The summed E-state index contributed by atoms with van der Waals surface area (Å²) in [6, 6.07) is 9.90. The van der Waals surface area contributed by atoms with Gasteiger partial charge in [0.2, 0.25) is 0 Å². The summed E-state index contributed by atoms with van der Waals surface area (Å²) in [6.07, 6.45) is 0. The highest BCUT2D eigenvalue weighted by molar-refractivity contribution is 5.99. The number of aromatic hydroxyl groups is 1. The lowest BCUT2D eigenvalue weighted by molar-refractivity contribution is 0.0824. The van der Waals surface area contributed by atoms with Crippen LogP contribution in [0.3, 0.4) is 0 Å². The second kappa shape index (κ2) is 7.75. The highest BCUT2D eigenvalue weighted by Crippen LogP contribution is 2.32. The lowest BCUT2D eigenvalue weighted by Crippen LogP contribution is -2.37. The molecular weight excluding hydrogens is 377 g/mol. The van der Waals surface area contributed by atoms with E-state index in [2.05, 4.69) is 10.6 Å². The molecule has 3 rings (SSSR count). The quantitative estimate of drug-likeness (QED) is 0.433. The minimum atomic E-state index is -0.734. The van der Waals surface area contributed by atoms with Crippen LogP contribution in [0.4, 0.5) is 21.5 Å². The molecule has 0 aliphatic carbocycles. The average molecular weight is 401 g/mol. The van der Waals surface area contributed by atoms with Gasteiger partial charge in [-0.25, -0.2) is 4.39 Å². The summed E-state index contributed by atoms with van der Waals surface area (Å²) >= 11 is 0. The Morgan fingerprint density at radius 3 is 2.31 bits per heavy atom. The van der Waals surface area contributed by atoms with Gasteiger partial charge in [0.05, 0.1) is 11.3 Å². The number of halogens is 1. The smallest absolute Gasteiger partial charge is 0.257 e. The predicted octanol–water partition coefficient (Wildman–Crippen LogP) is 3.24. The van der Waals surface area contributed by atoms with E-state index in [1.54, 1.807) is 39.2 Å². The number of carbonyl (C=O) groups excluding carboxylic acids is 1. The Bertz CT molecular complexity index is 1140. The number of hydrogen-bond donors (Lipinski definition) is 3. The fraction of sp³-hybridized carbons (Fsp3) is 0.190. The Balaban J connectivity index is 0.00000240. The van der Waals surface area contributed by atoms with Gasteiger partial charge in [-0.05, 0) is 36.8 Å². The zero-order valence-corrected chi connectivity index (χ0v) is 16.1. The van der Waals surface area contributed by atoms with Crippen molar-refractivity contribution in [2.45, 2.75) is 13.0 Å². The lowest BCUT2D eigenvalue weighted by atomic mass is 10.1. The molecule has 7 nitrogen and oxygen atoms in total. The van der Waals surface area contributed by atoms with Gasteiger partial charge in [0, 0.05) is 23.0 Å². The largest absolute Gasteiger partial charge is 0.505 e. The zero-order chi connectivity index (χ0) is 21.3. The molecule has 0 heterocycles. The van der Waals surface area contributed by atoms with Gasteiger partial charge < -0.3 is 20.6 Å². The van der Waals surface area contributed by atoms with Gasteiger partial charge in [-0.1, -0.05) is 18.2 Å². The molecule has 154 valence electrons. The molecule has 0 aliphatic heterocycles. The third-order valence-electron chi connectivity index (χ3n) is 4.57. The van der Waals surface area contributed by atoms with Crippen molar-refractivity contribution in [2.75, 3.05) is 24.7 Å². The Labute approximate surface area is 169 Å². The molecule has 0 aliphatic rings. The van der Waals surface area contributed by atoms with E-state index in [0.29, 0.717) is 0 Å². The molecule has 0 saturated carbocycles. The summed E-state index contributed by atoms with van der Waals surface area (Å²) in [7, 11) is 3.11. The predicted molar refractivity (Wildman–Crippen MR) is 113 cm³/mol. The molecule has 0 bridgehead atoms. The van der Waals surface area contributed by atoms with Crippen molar-refractivity contribution >= 4 is 23.0 Å². The molecule has 3 N–H and O–H groups in total. The first-order valence-corrected chi connectivity index (χ1v) is 8.86. The molecule has 8 heteroatoms.